The molecule has 0 spiro atoms. The van der Waals surface area contributed by atoms with E-state index in [4.69, 9.17) is 0 Å². The van der Waals surface area contributed by atoms with Crippen molar-refractivity contribution < 1.29 is 9.59 Å². The topological polar surface area (TPSA) is 67.2 Å². The van der Waals surface area contributed by atoms with Gasteiger partial charge in [0.25, 0.3) is 0 Å². The Bertz CT molecular complexity index is 797. The number of aryl methyl sites for hydroxylation is 2. The molecule has 0 unspecified atom stereocenters. The summed E-state index contributed by atoms with van der Waals surface area (Å²) < 4.78 is 2.81. The van der Waals surface area contributed by atoms with Crippen LogP contribution in [0.15, 0.2) is 41.1 Å². The van der Waals surface area contributed by atoms with Gasteiger partial charge in [0.15, 0.2) is 0 Å². The molecule has 2 amide bonds. The molecule has 1 N–H and O–H groups in total. The van der Waals surface area contributed by atoms with Crippen molar-refractivity contribution in [1.82, 2.24) is 14.7 Å². The average Bonchev–Trinajstić information content (AvgIpc) is 3.14. The molecule has 7 heteroatoms. The molecule has 1 aromatic heterocycles. The number of aromatic nitrogens is 2. The summed E-state index contributed by atoms with van der Waals surface area (Å²) in [5.41, 5.74) is 1.88. The molecule has 27 heavy (non-hydrogen) atoms. The number of nitrogens with one attached hydrogen (secondary N) is 1. The Labute approximate surface area is 168 Å². The second-order valence-electron chi connectivity index (χ2n) is 6.86. The molecule has 0 saturated carbocycles. The predicted octanol–water partition coefficient (Wildman–Crippen LogP) is 3.48. The van der Waals surface area contributed by atoms with Gasteiger partial charge in [-0.15, -0.1) is 0 Å². The van der Waals surface area contributed by atoms with Crippen molar-refractivity contribution in [3.05, 3.63) is 46.7 Å². The van der Waals surface area contributed by atoms with Crippen molar-refractivity contribution >= 4 is 33.4 Å². The Kier molecular flexibility index (Phi) is 6.66. The van der Waals surface area contributed by atoms with Gasteiger partial charge in [0.05, 0.1) is 11.9 Å². The smallest absolute Gasteiger partial charge is 0.227 e. The second kappa shape index (κ2) is 9.17. The van der Waals surface area contributed by atoms with Gasteiger partial charge in [0.1, 0.15) is 0 Å². The summed E-state index contributed by atoms with van der Waals surface area (Å²) >= 11 is 3.46. The number of likely N-dealkylation sites (tertiary alicyclic amines) is 1. The Balaban J connectivity index is 1.43. The third kappa shape index (κ3) is 5.42. The number of nitrogens with zero attached hydrogens (tertiary/aromatic N) is 3. The summed E-state index contributed by atoms with van der Waals surface area (Å²) in [6.45, 7) is 4.06. The van der Waals surface area contributed by atoms with E-state index in [9.17, 15) is 9.59 Å². The molecule has 0 aliphatic carbocycles. The molecule has 2 heterocycles. The van der Waals surface area contributed by atoms with Gasteiger partial charge < -0.3 is 10.2 Å². The minimum atomic E-state index is -0.0518. The van der Waals surface area contributed by atoms with E-state index in [2.05, 4.69) is 26.3 Å². The third-order valence-corrected chi connectivity index (χ3v) is 5.45. The van der Waals surface area contributed by atoms with Crippen LogP contribution >= 0.6 is 15.9 Å². The van der Waals surface area contributed by atoms with Crippen molar-refractivity contribution in [3.63, 3.8) is 0 Å². The number of carbonyl (C=O) groups is 2. The van der Waals surface area contributed by atoms with E-state index in [1.54, 1.807) is 10.9 Å². The molecule has 1 fully saturated rings. The zero-order chi connectivity index (χ0) is 19.2. The summed E-state index contributed by atoms with van der Waals surface area (Å²) in [5.74, 6) is 0.133. The molecule has 3 rings (SSSR count). The van der Waals surface area contributed by atoms with Crippen LogP contribution in [0.4, 0.5) is 5.69 Å². The van der Waals surface area contributed by atoms with Crippen LogP contribution in [0.25, 0.3) is 0 Å². The Morgan fingerprint density at radius 3 is 2.74 bits per heavy atom. The minimum Gasteiger partial charge on any atom is -0.343 e. The maximum atomic E-state index is 12.5. The molecular formula is C20H25BrN4O2. The summed E-state index contributed by atoms with van der Waals surface area (Å²) in [7, 11) is 0. The highest BCUT2D eigenvalue weighted by Gasteiger charge is 2.27. The number of hydrogen-bond donors (Lipinski definition) is 1. The van der Waals surface area contributed by atoms with Crippen LogP contribution in [0.5, 0.6) is 0 Å². The maximum absolute atomic E-state index is 12.5. The molecular weight excluding hydrogens is 408 g/mol. The zero-order valence-electron chi connectivity index (χ0n) is 15.5. The van der Waals surface area contributed by atoms with Crippen LogP contribution in [0.3, 0.4) is 0 Å². The fourth-order valence-electron chi connectivity index (χ4n) is 3.34. The molecule has 1 saturated heterocycles. The maximum Gasteiger partial charge on any atom is 0.227 e. The van der Waals surface area contributed by atoms with Gasteiger partial charge in [-0.2, -0.15) is 5.10 Å². The van der Waals surface area contributed by atoms with Crippen molar-refractivity contribution in [3.8, 4) is 0 Å². The molecule has 0 radical (unpaired) electrons. The number of carbonyl (C=O) groups excluding carboxylic acids is 2. The van der Waals surface area contributed by atoms with Crippen LogP contribution in [-0.2, 0) is 22.6 Å². The fourth-order valence-corrected chi connectivity index (χ4v) is 3.78. The van der Waals surface area contributed by atoms with Crippen molar-refractivity contribution in [2.45, 2.75) is 39.2 Å². The van der Waals surface area contributed by atoms with E-state index in [1.807, 2.05) is 42.3 Å². The van der Waals surface area contributed by atoms with Crippen LogP contribution in [0.1, 0.15) is 31.7 Å². The zero-order valence-corrected chi connectivity index (χ0v) is 17.1. The number of amides is 2. The van der Waals surface area contributed by atoms with Gasteiger partial charge in [0, 0.05) is 42.6 Å². The predicted molar refractivity (Wildman–Crippen MR) is 108 cm³/mol. The van der Waals surface area contributed by atoms with Crippen LogP contribution in [0.2, 0.25) is 0 Å². The second-order valence-corrected chi connectivity index (χ2v) is 7.77. The number of piperidine rings is 1. The summed E-state index contributed by atoms with van der Waals surface area (Å²) in [6.07, 6.45) is 6.15. The van der Waals surface area contributed by atoms with E-state index < -0.39 is 0 Å². The van der Waals surface area contributed by atoms with Gasteiger partial charge in [-0.3, -0.25) is 14.3 Å². The molecule has 6 nitrogen and oxygen atoms in total. The summed E-state index contributed by atoms with van der Waals surface area (Å²) in [6, 6.07) is 8.05. The normalized spacial score (nSPS) is 15.0. The highest BCUT2D eigenvalue weighted by atomic mass is 79.9. The van der Waals surface area contributed by atoms with E-state index in [0.717, 1.165) is 28.7 Å². The van der Waals surface area contributed by atoms with Gasteiger partial charge in [-0.05, 0) is 43.9 Å². The highest BCUT2D eigenvalue weighted by molar-refractivity contribution is 9.10. The Hall–Kier alpha value is -2.15. The first-order valence-corrected chi connectivity index (χ1v) is 10.2. The van der Waals surface area contributed by atoms with Crippen molar-refractivity contribution in [1.29, 1.82) is 0 Å². The lowest BCUT2D eigenvalue weighted by Crippen LogP contribution is -2.41. The van der Waals surface area contributed by atoms with E-state index in [1.165, 1.54) is 0 Å². The first-order valence-electron chi connectivity index (χ1n) is 9.40. The van der Waals surface area contributed by atoms with Gasteiger partial charge in [-0.25, -0.2) is 0 Å². The third-order valence-electron chi connectivity index (χ3n) is 4.96. The standard InChI is InChI=1S/C20H25BrN4O2/c1-2-25-14-18(13-22-25)23-20(27)16-8-10-24(11-9-16)19(26)7-6-15-4-3-5-17(21)12-15/h3-5,12-14,16H,2,6-11H2,1H3,(H,23,27). The summed E-state index contributed by atoms with van der Waals surface area (Å²) in [5, 5.41) is 7.10. The number of benzene rings is 1. The largest absolute Gasteiger partial charge is 0.343 e. The number of rotatable bonds is 6. The molecule has 1 aliphatic rings. The SMILES string of the molecule is CCn1cc(NC(=O)C2CCN(C(=O)CCc3cccc(Br)c3)CC2)cn1. The van der Waals surface area contributed by atoms with Crippen molar-refractivity contribution in [2.75, 3.05) is 18.4 Å². The van der Waals surface area contributed by atoms with Gasteiger partial charge >= 0.3 is 0 Å². The lowest BCUT2D eigenvalue weighted by molar-refractivity contribution is -0.134. The minimum absolute atomic E-state index is 0.0203. The monoisotopic (exact) mass is 432 g/mol. The molecule has 2 aromatic rings. The average molecular weight is 433 g/mol. The van der Waals surface area contributed by atoms with Gasteiger partial charge in [-0.1, -0.05) is 28.1 Å². The number of anilines is 1. The number of hydrogen-bond acceptors (Lipinski definition) is 3. The first kappa shape index (κ1) is 19.6. The first-order chi connectivity index (χ1) is 13.0. The highest BCUT2D eigenvalue weighted by Crippen LogP contribution is 2.21. The van der Waals surface area contributed by atoms with Crippen LogP contribution in [-0.4, -0.2) is 39.6 Å². The quantitative estimate of drug-likeness (QED) is 0.759. The number of halogens is 1. The summed E-state index contributed by atoms with van der Waals surface area (Å²) in [4.78, 5) is 26.8. The molecule has 0 bridgehead atoms. The molecule has 1 aliphatic heterocycles. The molecule has 144 valence electrons. The van der Waals surface area contributed by atoms with Gasteiger partial charge in [0.2, 0.25) is 11.8 Å². The fraction of sp³-hybridized carbons (Fsp3) is 0.450. The Morgan fingerprint density at radius 2 is 2.07 bits per heavy atom. The van der Waals surface area contributed by atoms with E-state index in [0.29, 0.717) is 32.4 Å². The lowest BCUT2D eigenvalue weighted by Gasteiger charge is -2.31. The Morgan fingerprint density at radius 1 is 1.30 bits per heavy atom. The molecule has 1 aromatic carbocycles. The van der Waals surface area contributed by atoms with E-state index in [-0.39, 0.29) is 17.7 Å². The van der Waals surface area contributed by atoms with Crippen LogP contribution in [0, 0.1) is 5.92 Å². The van der Waals surface area contributed by atoms with Crippen molar-refractivity contribution in [2.24, 2.45) is 5.92 Å². The van der Waals surface area contributed by atoms with E-state index >= 15 is 0 Å². The van der Waals surface area contributed by atoms with Crippen LogP contribution < -0.4 is 5.32 Å². The lowest BCUT2D eigenvalue weighted by atomic mass is 9.95. The molecule has 0 atom stereocenters.